The highest BCUT2D eigenvalue weighted by molar-refractivity contribution is 5.86. The van der Waals surface area contributed by atoms with Crippen LogP contribution >= 0.6 is 0 Å². The molecule has 0 aromatic carbocycles. The van der Waals surface area contributed by atoms with E-state index in [1.54, 1.807) is 19.1 Å². The van der Waals surface area contributed by atoms with Gasteiger partial charge in [0.2, 0.25) is 5.91 Å². The standard InChI is InChI=1S/C24H26F2N4O2/c1-12-21-17(23(25)26)10-18(19-3-2-4-32-19)27-24(21)30(29-12)11-20(31)28-22-15-6-13-5-14(8-15)9-16(22)7-13/h2-4,10,13-16,22-23H,5-9,11H2,1H3,(H,28,31). The molecule has 168 valence electrons. The number of nitrogens with one attached hydrogen (secondary N) is 1. The number of aromatic nitrogens is 3. The molecule has 0 saturated heterocycles. The average molecular weight is 440 g/mol. The zero-order chi connectivity index (χ0) is 22.0. The van der Waals surface area contributed by atoms with E-state index in [-0.39, 0.29) is 29.7 Å². The second-order valence-corrected chi connectivity index (χ2v) is 9.84. The van der Waals surface area contributed by atoms with Crippen LogP contribution in [0.25, 0.3) is 22.5 Å². The molecule has 1 N–H and O–H groups in total. The number of aryl methyl sites for hydroxylation is 1. The van der Waals surface area contributed by atoms with Crippen LogP contribution in [-0.2, 0) is 11.3 Å². The number of nitrogens with zero attached hydrogens (tertiary/aromatic N) is 3. The summed E-state index contributed by atoms with van der Waals surface area (Å²) in [6.45, 7) is 1.64. The summed E-state index contributed by atoms with van der Waals surface area (Å²) < 4.78 is 34.6. The van der Waals surface area contributed by atoms with E-state index in [9.17, 15) is 13.6 Å². The van der Waals surface area contributed by atoms with Crippen LogP contribution in [-0.4, -0.2) is 26.7 Å². The molecule has 6 nitrogen and oxygen atoms in total. The molecule has 1 amide bonds. The molecule has 4 fully saturated rings. The Kier molecular flexibility index (Phi) is 4.59. The highest BCUT2D eigenvalue weighted by Gasteiger charge is 2.48. The van der Waals surface area contributed by atoms with Crippen LogP contribution in [0, 0.1) is 30.6 Å². The number of carbonyl (C=O) groups is 1. The minimum absolute atomic E-state index is 0.0373. The molecular weight excluding hydrogens is 414 g/mol. The lowest BCUT2D eigenvalue weighted by Gasteiger charge is -2.54. The van der Waals surface area contributed by atoms with Gasteiger partial charge in [-0.3, -0.25) is 4.79 Å². The summed E-state index contributed by atoms with van der Waals surface area (Å²) in [5.41, 5.74) is 0.884. The number of amides is 1. The van der Waals surface area contributed by atoms with Crippen LogP contribution in [0.1, 0.15) is 49.8 Å². The molecule has 0 spiro atoms. The van der Waals surface area contributed by atoms with Crippen LogP contribution < -0.4 is 5.32 Å². The first-order valence-corrected chi connectivity index (χ1v) is 11.5. The molecule has 4 aliphatic carbocycles. The zero-order valence-corrected chi connectivity index (χ0v) is 17.9. The predicted octanol–water partition coefficient (Wildman–Crippen LogP) is 4.88. The van der Waals surface area contributed by atoms with Crippen molar-refractivity contribution in [1.82, 2.24) is 20.1 Å². The van der Waals surface area contributed by atoms with Gasteiger partial charge in [0.15, 0.2) is 11.4 Å². The van der Waals surface area contributed by atoms with Crippen LogP contribution in [0.15, 0.2) is 28.9 Å². The Morgan fingerprint density at radius 3 is 2.56 bits per heavy atom. The minimum atomic E-state index is -2.69. The van der Waals surface area contributed by atoms with Crippen molar-refractivity contribution in [2.45, 2.75) is 58.0 Å². The number of hydrogen-bond donors (Lipinski definition) is 1. The number of halogens is 2. The van der Waals surface area contributed by atoms with Crippen LogP contribution in [0.2, 0.25) is 0 Å². The second-order valence-electron chi connectivity index (χ2n) is 9.84. The van der Waals surface area contributed by atoms with Gasteiger partial charge in [0.1, 0.15) is 12.2 Å². The largest absolute Gasteiger partial charge is 0.463 e. The molecule has 4 aliphatic rings. The fraction of sp³-hybridized carbons (Fsp3) is 0.542. The molecule has 32 heavy (non-hydrogen) atoms. The van der Waals surface area contributed by atoms with Gasteiger partial charge in [0.25, 0.3) is 6.43 Å². The van der Waals surface area contributed by atoms with Gasteiger partial charge < -0.3 is 9.73 Å². The Labute approximate surface area is 184 Å². The quantitative estimate of drug-likeness (QED) is 0.614. The molecule has 4 bridgehead atoms. The van der Waals surface area contributed by atoms with Crippen molar-refractivity contribution in [3.8, 4) is 11.5 Å². The fourth-order valence-corrected chi connectivity index (χ4v) is 6.75. The smallest absolute Gasteiger partial charge is 0.264 e. The SMILES string of the molecule is Cc1nn(CC(=O)NC2C3CC4CC(C3)CC2C4)c2nc(-c3ccco3)cc(C(F)F)c12. The number of pyridine rings is 1. The van der Waals surface area contributed by atoms with Crippen molar-refractivity contribution < 1.29 is 18.0 Å². The lowest BCUT2D eigenvalue weighted by molar-refractivity contribution is -0.125. The summed E-state index contributed by atoms with van der Waals surface area (Å²) in [5.74, 6) is 3.08. The lowest BCUT2D eigenvalue weighted by atomic mass is 9.54. The van der Waals surface area contributed by atoms with Crippen molar-refractivity contribution in [2.24, 2.45) is 23.7 Å². The topological polar surface area (TPSA) is 73.0 Å². The summed E-state index contributed by atoms with van der Waals surface area (Å²) in [5, 5.41) is 7.98. The molecule has 0 aliphatic heterocycles. The monoisotopic (exact) mass is 440 g/mol. The fourth-order valence-electron chi connectivity index (χ4n) is 6.75. The Morgan fingerprint density at radius 2 is 1.94 bits per heavy atom. The molecule has 3 heterocycles. The maximum absolute atomic E-state index is 13.9. The van der Waals surface area contributed by atoms with Gasteiger partial charge in [-0.05, 0) is 80.9 Å². The third-order valence-electron chi connectivity index (χ3n) is 7.76. The first-order chi connectivity index (χ1) is 15.5. The Balaban J connectivity index is 1.30. The summed E-state index contributed by atoms with van der Waals surface area (Å²) in [6.07, 6.45) is 5.02. The molecule has 7 rings (SSSR count). The van der Waals surface area contributed by atoms with Gasteiger partial charge >= 0.3 is 0 Å². The Morgan fingerprint density at radius 1 is 1.22 bits per heavy atom. The molecule has 3 aromatic rings. The number of furan rings is 1. The van der Waals surface area contributed by atoms with Gasteiger partial charge in [-0.25, -0.2) is 18.4 Å². The van der Waals surface area contributed by atoms with E-state index in [4.69, 9.17) is 4.42 Å². The van der Waals surface area contributed by atoms with Crippen LogP contribution in [0.5, 0.6) is 0 Å². The normalized spacial score (nSPS) is 28.7. The molecule has 0 atom stereocenters. The summed E-state index contributed by atoms with van der Waals surface area (Å²) >= 11 is 0. The number of fused-ring (bicyclic) bond motifs is 1. The van der Waals surface area contributed by atoms with E-state index >= 15 is 0 Å². The molecule has 3 aromatic heterocycles. The minimum Gasteiger partial charge on any atom is -0.463 e. The van der Waals surface area contributed by atoms with E-state index in [1.165, 1.54) is 49.1 Å². The average Bonchev–Trinajstić information content (AvgIpc) is 3.38. The van der Waals surface area contributed by atoms with Crippen molar-refractivity contribution >= 4 is 16.9 Å². The molecule has 4 saturated carbocycles. The second kappa shape index (κ2) is 7.39. The maximum atomic E-state index is 13.9. The van der Waals surface area contributed by atoms with Crippen molar-refractivity contribution in [3.05, 3.63) is 35.7 Å². The lowest BCUT2D eigenvalue weighted by Crippen LogP contribution is -2.56. The van der Waals surface area contributed by atoms with E-state index < -0.39 is 6.43 Å². The van der Waals surface area contributed by atoms with E-state index in [2.05, 4.69) is 15.4 Å². The van der Waals surface area contributed by atoms with Crippen LogP contribution in [0.4, 0.5) is 8.78 Å². The Bertz CT molecular complexity index is 1140. The highest BCUT2D eigenvalue weighted by Crippen LogP contribution is 2.53. The van der Waals surface area contributed by atoms with Crippen molar-refractivity contribution in [2.75, 3.05) is 0 Å². The Hall–Kier alpha value is -2.77. The molecule has 0 radical (unpaired) electrons. The number of alkyl halides is 2. The van der Waals surface area contributed by atoms with E-state index in [1.807, 2.05) is 0 Å². The van der Waals surface area contributed by atoms with E-state index in [0.29, 0.717) is 34.4 Å². The van der Waals surface area contributed by atoms with Gasteiger partial charge in [-0.15, -0.1) is 0 Å². The van der Waals surface area contributed by atoms with E-state index in [0.717, 1.165) is 11.8 Å². The van der Waals surface area contributed by atoms with Crippen molar-refractivity contribution in [3.63, 3.8) is 0 Å². The third-order valence-corrected chi connectivity index (χ3v) is 7.76. The molecular formula is C24H26F2N4O2. The number of rotatable bonds is 5. The first-order valence-electron chi connectivity index (χ1n) is 11.5. The summed E-state index contributed by atoms with van der Waals surface area (Å²) in [7, 11) is 0. The zero-order valence-electron chi connectivity index (χ0n) is 17.9. The van der Waals surface area contributed by atoms with Gasteiger partial charge in [0, 0.05) is 11.6 Å². The summed E-state index contributed by atoms with van der Waals surface area (Å²) in [6, 6.07) is 4.93. The third kappa shape index (κ3) is 3.22. The predicted molar refractivity (Wildman–Crippen MR) is 114 cm³/mol. The number of carbonyl (C=O) groups excluding carboxylic acids is 1. The highest BCUT2D eigenvalue weighted by atomic mass is 19.3. The van der Waals surface area contributed by atoms with Gasteiger partial charge in [-0.2, -0.15) is 5.10 Å². The molecule has 8 heteroatoms. The van der Waals surface area contributed by atoms with Crippen molar-refractivity contribution in [1.29, 1.82) is 0 Å². The van der Waals surface area contributed by atoms with Crippen LogP contribution in [0.3, 0.4) is 0 Å². The van der Waals surface area contributed by atoms with Gasteiger partial charge in [0.05, 0.1) is 17.3 Å². The first kappa shape index (κ1) is 19.9. The molecule has 0 unspecified atom stereocenters. The maximum Gasteiger partial charge on any atom is 0.264 e. The summed E-state index contributed by atoms with van der Waals surface area (Å²) in [4.78, 5) is 17.6. The number of hydrogen-bond acceptors (Lipinski definition) is 4. The van der Waals surface area contributed by atoms with Gasteiger partial charge in [-0.1, -0.05) is 0 Å².